The molecule has 0 spiro atoms. The standard InChI is InChI=1S/C19H23N3O3S/c23-18(21-8-10-26-11-9-21)13-25-14-5-6-16-15(12-14)19(24)22-7-3-1-2-4-17(22)20-16/h5-6,12H,1-4,7-11,13H2. The molecule has 2 aromatic rings. The van der Waals surface area contributed by atoms with Gasteiger partial charge in [0.2, 0.25) is 0 Å². The van der Waals surface area contributed by atoms with E-state index in [1.165, 1.54) is 0 Å². The van der Waals surface area contributed by atoms with Crippen molar-refractivity contribution in [3.63, 3.8) is 0 Å². The molecular weight excluding hydrogens is 350 g/mol. The molecule has 0 N–H and O–H groups in total. The van der Waals surface area contributed by atoms with Crippen LogP contribution in [-0.4, -0.2) is 51.6 Å². The minimum atomic E-state index is -0.00303. The number of thioether (sulfide) groups is 1. The predicted octanol–water partition coefficient (Wildman–Crippen LogP) is 2.08. The Morgan fingerprint density at radius 3 is 2.85 bits per heavy atom. The second-order valence-electron chi connectivity index (χ2n) is 6.76. The third kappa shape index (κ3) is 3.58. The number of fused-ring (bicyclic) bond motifs is 2. The number of ether oxygens (including phenoxy) is 1. The summed E-state index contributed by atoms with van der Waals surface area (Å²) >= 11 is 1.87. The van der Waals surface area contributed by atoms with Gasteiger partial charge in [0.25, 0.3) is 11.5 Å². The summed E-state index contributed by atoms with van der Waals surface area (Å²) in [5, 5.41) is 0.565. The van der Waals surface area contributed by atoms with E-state index in [2.05, 4.69) is 4.98 Å². The molecule has 4 rings (SSSR count). The molecule has 0 atom stereocenters. The highest BCUT2D eigenvalue weighted by Crippen LogP contribution is 2.20. The van der Waals surface area contributed by atoms with Gasteiger partial charge in [0.1, 0.15) is 11.6 Å². The lowest BCUT2D eigenvalue weighted by atomic mass is 10.2. The molecule has 2 aliphatic heterocycles. The molecule has 0 bridgehead atoms. The smallest absolute Gasteiger partial charge is 0.261 e. The van der Waals surface area contributed by atoms with Crippen LogP contribution in [0.3, 0.4) is 0 Å². The molecule has 1 aromatic carbocycles. The molecule has 0 saturated carbocycles. The van der Waals surface area contributed by atoms with Gasteiger partial charge in [-0.15, -0.1) is 0 Å². The fourth-order valence-electron chi connectivity index (χ4n) is 3.54. The maximum atomic E-state index is 12.9. The van der Waals surface area contributed by atoms with Crippen LogP contribution < -0.4 is 10.3 Å². The molecule has 0 radical (unpaired) electrons. The highest BCUT2D eigenvalue weighted by Gasteiger charge is 2.18. The minimum absolute atomic E-state index is 0.00201. The number of carbonyl (C=O) groups is 1. The minimum Gasteiger partial charge on any atom is -0.484 e. The first-order valence-electron chi connectivity index (χ1n) is 9.24. The summed E-state index contributed by atoms with van der Waals surface area (Å²) in [6, 6.07) is 5.34. The molecule has 0 aliphatic carbocycles. The Balaban J connectivity index is 1.54. The Bertz CT molecular complexity index is 874. The first kappa shape index (κ1) is 17.4. The first-order valence-corrected chi connectivity index (χ1v) is 10.4. The zero-order chi connectivity index (χ0) is 17.9. The summed E-state index contributed by atoms with van der Waals surface area (Å²) in [6.07, 6.45) is 4.08. The second kappa shape index (κ2) is 7.70. The number of aryl methyl sites for hydroxylation is 1. The average molecular weight is 373 g/mol. The summed E-state index contributed by atoms with van der Waals surface area (Å²) in [4.78, 5) is 31.6. The van der Waals surface area contributed by atoms with Crippen molar-refractivity contribution in [2.24, 2.45) is 0 Å². The fraction of sp³-hybridized carbons (Fsp3) is 0.526. The number of carbonyl (C=O) groups excluding carboxylic acids is 1. The summed E-state index contributed by atoms with van der Waals surface area (Å²) < 4.78 is 7.48. The summed E-state index contributed by atoms with van der Waals surface area (Å²) in [5.41, 5.74) is 0.701. The van der Waals surface area contributed by atoms with Gasteiger partial charge in [-0.3, -0.25) is 14.2 Å². The third-order valence-corrected chi connectivity index (χ3v) is 5.96. The first-order chi connectivity index (χ1) is 12.7. The Morgan fingerprint density at radius 2 is 2.00 bits per heavy atom. The SMILES string of the molecule is O=C(COc1ccc2nc3n(c(=O)c2c1)CCCCC3)N1CCSCC1. The zero-order valence-corrected chi connectivity index (χ0v) is 15.6. The lowest BCUT2D eigenvalue weighted by Gasteiger charge is -2.26. The molecule has 0 unspecified atom stereocenters. The highest BCUT2D eigenvalue weighted by atomic mass is 32.2. The molecule has 2 aliphatic rings. The molecule has 6 nitrogen and oxygen atoms in total. The number of hydrogen-bond acceptors (Lipinski definition) is 5. The van der Waals surface area contributed by atoms with Crippen molar-refractivity contribution in [1.29, 1.82) is 0 Å². The summed E-state index contributed by atoms with van der Waals surface area (Å²) in [6.45, 7) is 2.30. The summed E-state index contributed by atoms with van der Waals surface area (Å²) in [7, 11) is 0. The largest absolute Gasteiger partial charge is 0.484 e. The lowest BCUT2D eigenvalue weighted by Crippen LogP contribution is -2.40. The van der Waals surface area contributed by atoms with Gasteiger partial charge >= 0.3 is 0 Å². The van der Waals surface area contributed by atoms with E-state index in [-0.39, 0.29) is 18.1 Å². The summed E-state index contributed by atoms with van der Waals surface area (Å²) in [5.74, 6) is 3.39. The quantitative estimate of drug-likeness (QED) is 0.824. The lowest BCUT2D eigenvalue weighted by molar-refractivity contribution is -0.132. The van der Waals surface area contributed by atoms with Crippen molar-refractivity contribution in [2.75, 3.05) is 31.2 Å². The Kier molecular flexibility index (Phi) is 5.15. The van der Waals surface area contributed by atoms with Crippen LogP contribution in [0, 0.1) is 0 Å². The predicted molar refractivity (Wildman–Crippen MR) is 103 cm³/mol. The molecule has 7 heteroatoms. The Labute approximate surface area is 156 Å². The zero-order valence-electron chi connectivity index (χ0n) is 14.8. The van der Waals surface area contributed by atoms with Gasteiger partial charge in [-0.25, -0.2) is 4.98 Å². The topological polar surface area (TPSA) is 64.4 Å². The average Bonchev–Trinajstić information content (AvgIpc) is 2.93. The molecule has 1 fully saturated rings. The van der Waals surface area contributed by atoms with Crippen LogP contribution in [0.15, 0.2) is 23.0 Å². The van der Waals surface area contributed by atoms with Crippen LogP contribution in [0.25, 0.3) is 10.9 Å². The monoisotopic (exact) mass is 373 g/mol. The highest BCUT2D eigenvalue weighted by molar-refractivity contribution is 7.99. The van der Waals surface area contributed by atoms with Gasteiger partial charge in [-0.05, 0) is 31.0 Å². The van der Waals surface area contributed by atoms with Crippen LogP contribution in [-0.2, 0) is 17.8 Å². The van der Waals surface area contributed by atoms with Crippen LogP contribution in [0.5, 0.6) is 5.75 Å². The molecule has 1 amide bonds. The van der Waals surface area contributed by atoms with Crippen molar-refractivity contribution in [1.82, 2.24) is 14.5 Å². The Hall–Kier alpha value is -2.02. The van der Waals surface area contributed by atoms with E-state index in [0.29, 0.717) is 16.7 Å². The van der Waals surface area contributed by atoms with Gasteiger partial charge in [0.05, 0.1) is 10.9 Å². The van der Waals surface area contributed by atoms with Crippen LogP contribution in [0.4, 0.5) is 0 Å². The molecule has 3 heterocycles. The van der Waals surface area contributed by atoms with Crippen LogP contribution in [0.1, 0.15) is 25.1 Å². The normalized spacial score (nSPS) is 17.6. The third-order valence-electron chi connectivity index (χ3n) is 5.01. The van der Waals surface area contributed by atoms with Crippen molar-refractivity contribution < 1.29 is 9.53 Å². The maximum Gasteiger partial charge on any atom is 0.261 e. The fourth-order valence-corrected chi connectivity index (χ4v) is 4.44. The molecule has 26 heavy (non-hydrogen) atoms. The van der Waals surface area contributed by atoms with E-state index >= 15 is 0 Å². The van der Waals surface area contributed by atoms with Crippen molar-refractivity contribution in [3.8, 4) is 5.75 Å². The van der Waals surface area contributed by atoms with E-state index in [9.17, 15) is 9.59 Å². The van der Waals surface area contributed by atoms with E-state index in [1.54, 1.807) is 16.7 Å². The van der Waals surface area contributed by atoms with Gasteiger partial charge in [0, 0.05) is 37.6 Å². The number of benzene rings is 1. The van der Waals surface area contributed by atoms with E-state index in [4.69, 9.17) is 4.74 Å². The molecule has 1 aromatic heterocycles. The molecule has 138 valence electrons. The van der Waals surface area contributed by atoms with Gasteiger partial charge < -0.3 is 9.64 Å². The van der Waals surface area contributed by atoms with Crippen LogP contribution in [0.2, 0.25) is 0 Å². The van der Waals surface area contributed by atoms with E-state index < -0.39 is 0 Å². The molecule has 1 saturated heterocycles. The number of nitrogens with zero attached hydrogens (tertiary/aromatic N) is 3. The maximum absolute atomic E-state index is 12.9. The Morgan fingerprint density at radius 1 is 1.15 bits per heavy atom. The number of aromatic nitrogens is 2. The van der Waals surface area contributed by atoms with E-state index in [0.717, 1.165) is 62.6 Å². The second-order valence-corrected chi connectivity index (χ2v) is 7.98. The number of rotatable bonds is 3. The van der Waals surface area contributed by atoms with Crippen molar-refractivity contribution in [2.45, 2.75) is 32.2 Å². The molecular formula is C19H23N3O3S. The van der Waals surface area contributed by atoms with Gasteiger partial charge in [0.15, 0.2) is 6.61 Å². The number of hydrogen-bond donors (Lipinski definition) is 0. The van der Waals surface area contributed by atoms with Gasteiger partial charge in [-0.1, -0.05) is 6.42 Å². The van der Waals surface area contributed by atoms with Crippen LogP contribution >= 0.6 is 11.8 Å². The van der Waals surface area contributed by atoms with Crippen molar-refractivity contribution in [3.05, 3.63) is 34.4 Å². The van der Waals surface area contributed by atoms with Crippen molar-refractivity contribution >= 4 is 28.6 Å². The van der Waals surface area contributed by atoms with E-state index in [1.807, 2.05) is 22.7 Å². The number of amides is 1. The van der Waals surface area contributed by atoms with Gasteiger partial charge in [-0.2, -0.15) is 11.8 Å².